The third-order valence-corrected chi connectivity index (χ3v) is 3.35. The van der Waals surface area contributed by atoms with Crippen molar-refractivity contribution in [2.45, 2.75) is 20.0 Å². The normalized spacial score (nSPS) is 10.7. The summed E-state index contributed by atoms with van der Waals surface area (Å²) in [6.45, 7) is 3.87. The summed E-state index contributed by atoms with van der Waals surface area (Å²) in [4.78, 5) is 12.3. The summed E-state index contributed by atoms with van der Waals surface area (Å²) in [5, 5.41) is 0. The number of rotatable bonds is 4. The summed E-state index contributed by atoms with van der Waals surface area (Å²) in [7, 11) is 0. The van der Waals surface area contributed by atoms with Crippen molar-refractivity contribution in [2.24, 2.45) is 0 Å². The number of benzene rings is 2. The van der Waals surface area contributed by atoms with Gasteiger partial charge in [0.15, 0.2) is 5.78 Å². The van der Waals surface area contributed by atoms with Crippen LogP contribution in [-0.2, 0) is 0 Å². The molecule has 4 heteroatoms. The van der Waals surface area contributed by atoms with Crippen LogP contribution in [0.1, 0.15) is 29.8 Å². The molecule has 0 atom stereocenters. The number of ketones is 1. The van der Waals surface area contributed by atoms with Crippen molar-refractivity contribution in [2.75, 3.05) is 0 Å². The zero-order chi connectivity index (χ0) is 14.7. The van der Waals surface area contributed by atoms with Gasteiger partial charge in [0, 0.05) is 15.6 Å². The molecule has 0 fully saturated rings. The Kier molecular flexibility index (Phi) is 4.55. The molecule has 0 bridgehead atoms. The molecule has 0 spiro atoms. The van der Waals surface area contributed by atoms with Gasteiger partial charge in [-0.1, -0.05) is 15.9 Å². The van der Waals surface area contributed by atoms with Crippen LogP contribution in [0.5, 0.6) is 5.75 Å². The van der Waals surface area contributed by atoms with Crippen LogP contribution in [0.15, 0.2) is 46.9 Å². The molecule has 0 saturated carbocycles. The van der Waals surface area contributed by atoms with Crippen molar-refractivity contribution in [3.05, 3.63) is 63.9 Å². The average Bonchev–Trinajstić information content (AvgIpc) is 2.41. The lowest BCUT2D eigenvalue weighted by Gasteiger charge is -2.10. The summed E-state index contributed by atoms with van der Waals surface area (Å²) in [5.74, 6) is 0.0404. The fraction of sp³-hybridized carbons (Fsp3) is 0.188. The highest BCUT2D eigenvalue weighted by molar-refractivity contribution is 9.10. The minimum absolute atomic E-state index is 0.0777. The van der Waals surface area contributed by atoms with E-state index in [4.69, 9.17) is 4.74 Å². The second kappa shape index (κ2) is 6.18. The fourth-order valence-electron chi connectivity index (χ4n) is 1.78. The maximum absolute atomic E-state index is 13.2. The van der Waals surface area contributed by atoms with E-state index in [-0.39, 0.29) is 11.9 Å². The van der Waals surface area contributed by atoms with Gasteiger partial charge in [0.1, 0.15) is 11.6 Å². The maximum atomic E-state index is 13.2. The molecule has 2 nitrogen and oxygen atoms in total. The number of hydrogen-bond donors (Lipinski definition) is 0. The van der Waals surface area contributed by atoms with E-state index in [0.717, 1.165) is 0 Å². The van der Waals surface area contributed by atoms with E-state index in [1.807, 2.05) is 13.8 Å². The van der Waals surface area contributed by atoms with Crippen molar-refractivity contribution in [3.63, 3.8) is 0 Å². The average molecular weight is 337 g/mol. The van der Waals surface area contributed by atoms with Crippen LogP contribution in [0.3, 0.4) is 0 Å². The van der Waals surface area contributed by atoms with Crippen LogP contribution in [0.25, 0.3) is 0 Å². The van der Waals surface area contributed by atoms with Crippen molar-refractivity contribution < 1.29 is 13.9 Å². The Balaban J connectivity index is 2.27. The molecule has 0 N–H and O–H groups in total. The molecular formula is C16H14BrFO2. The second-order valence-electron chi connectivity index (χ2n) is 4.64. The zero-order valence-electron chi connectivity index (χ0n) is 11.2. The Labute approximate surface area is 125 Å². The first kappa shape index (κ1) is 14.7. The van der Waals surface area contributed by atoms with E-state index < -0.39 is 5.82 Å². The van der Waals surface area contributed by atoms with Crippen LogP contribution in [0, 0.1) is 5.82 Å². The molecule has 0 heterocycles. The highest BCUT2D eigenvalue weighted by atomic mass is 79.9. The van der Waals surface area contributed by atoms with Gasteiger partial charge in [-0.25, -0.2) is 4.39 Å². The Morgan fingerprint density at radius 3 is 2.40 bits per heavy atom. The highest BCUT2D eigenvalue weighted by Crippen LogP contribution is 2.22. The van der Waals surface area contributed by atoms with Crippen molar-refractivity contribution in [1.82, 2.24) is 0 Å². The van der Waals surface area contributed by atoms with Crippen molar-refractivity contribution >= 4 is 21.7 Å². The molecule has 2 aromatic carbocycles. The fourth-order valence-corrected chi connectivity index (χ4v) is 2.21. The zero-order valence-corrected chi connectivity index (χ0v) is 12.8. The molecule has 2 aromatic rings. The molecule has 0 radical (unpaired) electrons. The first-order chi connectivity index (χ1) is 9.47. The van der Waals surface area contributed by atoms with Gasteiger partial charge >= 0.3 is 0 Å². The van der Waals surface area contributed by atoms with Gasteiger partial charge in [0.25, 0.3) is 0 Å². The Bertz CT molecular complexity index is 621. The first-order valence-corrected chi connectivity index (χ1v) is 7.03. The second-order valence-corrected chi connectivity index (χ2v) is 5.50. The van der Waals surface area contributed by atoms with Crippen LogP contribution in [0.4, 0.5) is 4.39 Å². The summed E-state index contributed by atoms with van der Waals surface area (Å²) in [6, 6.07) is 10.9. The van der Waals surface area contributed by atoms with Crippen molar-refractivity contribution in [1.29, 1.82) is 0 Å². The van der Waals surface area contributed by atoms with Gasteiger partial charge in [0.05, 0.1) is 6.10 Å². The minimum atomic E-state index is -0.434. The Hall–Kier alpha value is -1.68. The Morgan fingerprint density at radius 2 is 1.80 bits per heavy atom. The lowest BCUT2D eigenvalue weighted by atomic mass is 10.0. The SMILES string of the molecule is CC(C)Oc1ccc(C(=O)c2cc(F)ccc2Br)cc1. The van der Waals surface area contributed by atoms with Gasteiger partial charge in [-0.3, -0.25) is 4.79 Å². The minimum Gasteiger partial charge on any atom is -0.491 e. The number of hydrogen-bond acceptors (Lipinski definition) is 2. The third kappa shape index (κ3) is 3.45. The molecule has 2 rings (SSSR count). The first-order valence-electron chi connectivity index (χ1n) is 6.24. The molecule has 0 aliphatic rings. The van der Waals surface area contributed by atoms with E-state index in [2.05, 4.69) is 15.9 Å². The van der Waals surface area contributed by atoms with E-state index in [9.17, 15) is 9.18 Å². The molecule has 104 valence electrons. The molecular weight excluding hydrogens is 323 g/mol. The number of halogens is 2. The summed E-state index contributed by atoms with van der Waals surface area (Å²) in [5.41, 5.74) is 0.801. The molecule has 0 aromatic heterocycles. The van der Waals surface area contributed by atoms with E-state index >= 15 is 0 Å². The number of carbonyl (C=O) groups is 1. The molecule has 0 unspecified atom stereocenters. The molecule has 20 heavy (non-hydrogen) atoms. The predicted molar refractivity (Wildman–Crippen MR) is 79.7 cm³/mol. The summed E-state index contributed by atoms with van der Waals surface area (Å²) < 4.78 is 19.3. The van der Waals surface area contributed by atoms with E-state index in [0.29, 0.717) is 21.3 Å². The summed E-state index contributed by atoms with van der Waals surface area (Å²) >= 11 is 3.26. The smallest absolute Gasteiger partial charge is 0.194 e. The van der Waals surface area contributed by atoms with Gasteiger partial charge in [-0.05, 0) is 56.3 Å². The quantitative estimate of drug-likeness (QED) is 0.762. The largest absolute Gasteiger partial charge is 0.491 e. The number of ether oxygens (including phenoxy) is 1. The maximum Gasteiger partial charge on any atom is 0.194 e. The van der Waals surface area contributed by atoms with E-state index in [1.54, 1.807) is 24.3 Å². The van der Waals surface area contributed by atoms with Crippen LogP contribution in [-0.4, -0.2) is 11.9 Å². The van der Waals surface area contributed by atoms with Crippen LogP contribution < -0.4 is 4.74 Å². The third-order valence-electron chi connectivity index (χ3n) is 2.66. The lowest BCUT2D eigenvalue weighted by Crippen LogP contribution is -2.06. The van der Waals surface area contributed by atoms with Crippen LogP contribution >= 0.6 is 15.9 Å². The standard InChI is InChI=1S/C16H14BrFO2/c1-10(2)20-13-6-3-11(4-7-13)16(19)14-9-12(18)5-8-15(14)17/h3-10H,1-2H3. The highest BCUT2D eigenvalue weighted by Gasteiger charge is 2.13. The van der Waals surface area contributed by atoms with Gasteiger partial charge in [0.2, 0.25) is 0 Å². The molecule has 0 saturated heterocycles. The molecule has 0 aliphatic heterocycles. The van der Waals surface area contributed by atoms with E-state index in [1.165, 1.54) is 18.2 Å². The monoisotopic (exact) mass is 336 g/mol. The lowest BCUT2D eigenvalue weighted by molar-refractivity contribution is 0.103. The topological polar surface area (TPSA) is 26.3 Å². The predicted octanol–water partition coefficient (Wildman–Crippen LogP) is 4.61. The van der Waals surface area contributed by atoms with Gasteiger partial charge in [-0.2, -0.15) is 0 Å². The van der Waals surface area contributed by atoms with Crippen LogP contribution in [0.2, 0.25) is 0 Å². The molecule has 0 aliphatic carbocycles. The Morgan fingerprint density at radius 1 is 1.15 bits per heavy atom. The van der Waals surface area contributed by atoms with Crippen molar-refractivity contribution in [3.8, 4) is 5.75 Å². The summed E-state index contributed by atoms with van der Waals surface area (Å²) in [6.07, 6.45) is 0.0777. The number of carbonyl (C=O) groups excluding carboxylic acids is 1. The van der Waals surface area contributed by atoms with Gasteiger partial charge in [-0.15, -0.1) is 0 Å². The molecule has 0 amide bonds. The van der Waals surface area contributed by atoms with Gasteiger partial charge < -0.3 is 4.74 Å².